The van der Waals surface area contributed by atoms with Crippen molar-refractivity contribution in [3.05, 3.63) is 34.1 Å². The first-order valence-corrected chi connectivity index (χ1v) is 6.44. The van der Waals surface area contributed by atoms with Gasteiger partial charge in [-0.2, -0.15) is 0 Å². The van der Waals surface area contributed by atoms with Gasteiger partial charge in [-0.3, -0.25) is 0 Å². The zero-order chi connectivity index (χ0) is 14.0. The van der Waals surface area contributed by atoms with E-state index in [9.17, 15) is 13.2 Å². The lowest BCUT2D eigenvalue weighted by atomic mass is 9.84. The molecule has 0 bridgehead atoms. The molecule has 0 saturated carbocycles. The summed E-state index contributed by atoms with van der Waals surface area (Å²) >= 11 is 0. The van der Waals surface area contributed by atoms with Gasteiger partial charge in [0.2, 0.25) is 0 Å². The number of halogens is 3. The molecule has 0 fully saturated rings. The summed E-state index contributed by atoms with van der Waals surface area (Å²) in [4.78, 5) is 0. The first kappa shape index (κ1) is 15.1. The highest BCUT2D eigenvalue weighted by Crippen LogP contribution is 2.35. The van der Waals surface area contributed by atoms with E-state index in [0.29, 0.717) is 11.5 Å². The van der Waals surface area contributed by atoms with Crippen molar-refractivity contribution in [1.82, 2.24) is 0 Å². The fourth-order valence-corrected chi connectivity index (χ4v) is 2.45. The van der Waals surface area contributed by atoms with E-state index in [1.54, 1.807) is 0 Å². The SMILES string of the molecule is CCC(CC(C)C)c1c(C)c(F)c(F)c(C)c1F. The van der Waals surface area contributed by atoms with Gasteiger partial charge in [-0.1, -0.05) is 20.8 Å². The minimum absolute atomic E-state index is 0.0567. The molecule has 1 atom stereocenters. The van der Waals surface area contributed by atoms with E-state index in [0.717, 1.165) is 12.8 Å². The van der Waals surface area contributed by atoms with Crippen LogP contribution in [-0.2, 0) is 0 Å². The molecule has 102 valence electrons. The van der Waals surface area contributed by atoms with Gasteiger partial charge >= 0.3 is 0 Å². The van der Waals surface area contributed by atoms with Crippen molar-refractivity contribution < 1.29 is 13.2 Å². The Morgan fingerprint density at radius 2 is 1.39 bits per heavy atom. The molecular weight excluding hydrogens is 237 g/mol. The molecule has 1 rings (SSSR count). The van der Waals surface area contributed by atoms with Crippen molar-refractivity contribution in [3.63, 3.8) is 0 Å². The van der Waals surface area contributed by atoms with Crippen LogP contribution in [-0.4, -0.2) is 0 Å². The van der Waals surface area contributed by atoms with Crippen LogP contribution in [0.15, 0.2) is 0 Å². The van der Waals surface area contributed by atoms with E-state index in [4.69, 9.17) is 0 Å². The molecule has 0 heterocycles. The fraction of sp³-hybridized carbons (Fsp3) is 0.600. The fourth-order valence-electron chi connectivity index (χ4n) is 2.45. The van der Waals surface area contributed by atoms with Crippen LogP contribution in [0.3, 0.4) is 0 Å². The third kappa shape index (κ3) is 2.70. The Bertz CT molecular complexity index is 407. The number of hydrogen-bond acceptors (Lipinski definition) is 0. The van der Waals surface area contributed by atoms with Crippen LogP contribution in [0.4, 0.5) is 13.2 Å². The number of benzene rings is 1. The predicted octanol–water partition coefficient (Wildman–Crippen LogP) is 5.26. The second kappa shape index (κ2) is 5.77. The Kier molecular flexibility index (Phi) is 4.83. The molecule has 1 aromatic rings. The molecule has 0 aromatic heterocycles. The second-order valence-electron chi connectivity index (χ2n) is 5.34. The first-order valence-electron chi connectivity index (χ1n) is 6.44. The standard InChI is InChI=1S/C15H21F3/c1-6-11(7-8(2)3)12-9(4)14(17)15(18)10(5)13(12)16/h8,11H,6-7H2,1-5H3. The van der Waals surface area contributed by atoms with Crippen LogP contribution < -0.4 is 0 Å². The highest BCUT2D eigenvalue weighted by molar-refractivity contribution is 5.37. The Hall–Kier alpha value is -0.990. The van der Waals surface area contributed by atoms with Crippen LogP contribution in [0, 0.1) is 37.2 Å². The van der Waals surface area contributed by atoms with E-state index in [2.05, 4.69) is 0 Å². The summed E-state index contributed by atoms with van der Waals surface area (Å²) in [6.45, 7) is 8.78. The van der Waals surface area contributed by atoms with Gasteiger partial charge in [-0.15, -0.1) is 0 Å². The van der Waals surface area contributed by atoms with E-state index in [1.165, 1.54) is 13.8 Å². The summed E-state index contributed by atoms with van der Waals surface area (Å²) < 4.78 is 41.4. The topological polar surface area (TPSA) is 0 Å². The molecule has 0 amide bonds. The predicted molar refractivity (Wildman–Crippen MR) is 68.3 cm³/mol. The van der Waals surface area contributed by atoms with E-state index < -0.39 is 17.5 Å². The largest absolute Gasteiger partial charge is 0.206 e. The number of hydrogen-bond donors (Lipinski definition) is 0. The van der Waals surface area contributed by atoms with Gasteiger partial charge in [0.15, 0.2) is 11.6 Å². The van der Waals surface area contributed by atoms with Crippen LogP contribution in [0.1, 0.15) is 56.2 Å². The van der Waals surface area contributed by atoms with Gasteiger partial charge in [0, 0.05) is 5.56 Å². The lowest BCUT2D eigenvalue weighted by Crippen LogP contribution is -2.11. The van der Waals surface area contributed by atoms with Crippen molar-refractivity contribution in [3.8, 4) is 0 Å². The first-order chi connectivity index (χ1) is 8.31. The summed E-state index contributed by atoms with van der Waals surface area (Å²) in [5.41, 5.74) is 0.251. The Morgan fingerprint density at radius 3 is 1.83 bits per heavy atom. The summed E-state index contributed by atoms with van der Waals surface area (Å²) in [6.07, 6.45) is 1.50. The zero-order valence-corrected chi connectivity index (χ0v) is 11.7. The zero-order valence-electron chi connectivity index (χ0n) is 11.7. The Morgan fingerprint density at radius 1 is 0.889 bits per heavy atom. The molecule has 0 aliphatic carbocycles. The Balaban J connectivity index is 3.39. The minimum atomic E-state index is -1.06. The average Bonchev–Trinajstić information content (AvgIpc) is 2.32. The lowest BCUT2D eigenvalue weighted by molar-refractivity contribution is 0.440. The van der Waals surface area contributed by atoms with Gasteiger partial charge in [0.05, 0.1) is 0 Å². The van der Waals surface area contributed by atoms with E-state index >= 15 is 0 Å². The van der Waals surface area contributed by atoms with Crippen molar-refractivity contribution in [2.75, 3.05) is 0 Å². The van der Waals surface area contributed by atoms with Gasteiger partial charge in [-0.05, 0) is 49.7 Å². The van der Waals surface area contributed by atoms with Crippen LogP contribution >= 0.6 is 0 Å². The molecule has 0 spiro atoms. The average molecular weight is 258 g/mol. The normalized spacial score (nSPS) is 13.2. The molecule has 0 saturated heterocycles. The minimum Gasteiger partial charge on any atom is -0.206 e. The van der Waals surface area contributed by atoms with Gasteiger partial charge in [0.1, 0.15) is 5.82 Å². The maximum absolute atomic E-state index is 14.2. The molecular formula is C15H21F3. The van der Waals surface area contributed by atoms with Gasteiger partial charge < -0.3 is 0 Å². The third-order valence-electron chi connectivity index (χ3n) is 3.48. The van der Waals surface area contributed by atoms with Crippen LogP contribution in [0.2, 0.25) is 0 Å². The van der Waals surface area contributed by atoms with Gasteiger partial charge in [0.25, 0.3) is 0 Å². The summed E-state index contributed by atoms with van der Waals surface area (Å²) in [7, 11) is 0. The quantitative estimate of drug-likeness (QED) is 0.646. The summed E-state index contributed by atoms with van der Waals surface area (Å²) in [5, 5.41) is 0. The summed E-state index contributed by atoms with van der Waals surface area (Å²) in [6, 6.07) is 0. The van der Waals surface area contributed by atoms with Crippen molar-refractivity contribution in [1.29, 1.82) is 0 Å². The molecule has 1 aromatic carbocycles. The van der Waals surface area contributed by atoms with Crippen LogP contribution in [0.5, 0.6) is 0 Å². The molecule has 0 aliphatic rings. The summed E-state index contributed by atoms with van der Waals surface area (Å²) in [5.74, 6) is -2.22. The van der Waals surface area contributed by atoms with Gasteiger partial charge in [-0.25, -0.2) is 13.2 Å². The lowest BCUT2D eigenvalue weighted by Gasteiger charge is -2.22. The molecule has 0 radical (unpaired) electrons. The van der Waals surface area contributed by atoms with E-state index in [-0.39, 0.29) is 17.0 Å². The molecule has 0 aliphatic heterocycles. The second-order valence-corrected chi connectivity index (χ2v) is 5.34. The molecule has 0 N–H and O–H groups in total. The van der Waals surface area contributed by atoms with E-state index in [1.807, 2.05) is 20.8 Å². The third-order valence-corrected chi connectivity index (χ3v) is 3.48. The molecule has 18 heavy (non-hydrogen) atoms. The van der Waals surface area contributed by atoms with Crippen molar-refractivity contribution in [2.45, 2.75) is 53.4 Å². The maximum atomic E-state index is 14.2. The van der Waals surface area contributed by atoms with Crippen molar-refractivity contribution in [2.24, 2.45) is 5.92 Å². The monoisotopic (exact) mass is 258 g/mol. The molecule has 1 unspecified atom stereocenters. The van der Waals surface area contributed by atoms with Crippen LogP contribution in [0.25, 0.3) is 0 Å². The highest BCUT2D eigenvalue weighted by atomic mass is 19.2. The molecule has 0 nitrogen and oxygen atoms in total. The smallest absolute Gasteiger partial charge is 0.164 e. The molecule has 3 heteroatoms. The maximum Gasteiger partial charge on any atom is 0.164 e. The number of rotatable bonds is 4. The Labute approximate surface area is 107 Å². The van der Waals surface area contributed by atoms with Crippen molar-refractivity contribution >= 4 is 0 Å². The highest BCUT2D eigenvalue weighted by Gasteiger charge is 2.25.